The van der Waals surface area contributed by atoms with Crippen LogP contribution in [0.5, 0.6) is 0 Å². The van der Waals surface area contributed by atoms with Gasteiger partial charge in [-0.25, -0.2) is 9.67 Å². The van der Waals surface area contributed by atoms with Crippen LogP contribution in [0.4, 0.5) is 0 Å². The molecule has 0 N–H and O–H groups in total. The van der Waals surface area contributed by atoms with Crippen LogP contribution in [-0.4, -0.2) is 25.1 Å². The highest BCUT2D eigenvalue weighted by molar-refractivity contribution is 7.09. The molecular weight excluding hydrogens is 310 g/mol. The van der Waals surface area contributed by atoms with E-state index in [-0.39, 0.29) is 18.2 Å². The molecule has 3 aromatic rings. The van der Waals surface area contributed by atoms with E-state index in [4.69, 9.17) is 5.26 Å². The smallest absolute Gasteiger partial charge is 0.252 e. The number of hydrogen-bond acceptors (Lipinski definition) is 5. The van der Waals surface area contributed by atoms with E-state index in [0.717, 1.165) is 17.9 Å². The van der Waals surface area contributed by atoms with Gasteiger partial charge in [-0.2, -0.15) is 5.26 Å². The van der Waals surface area contributed by atoms with Crippen molar-refractivity contribution < 1.29 is 4.79 Å². The fraction of sp³-hybridized carbons (Fsp3) is 0.250. The second-order valence-electron chi connectivity index (χ2n) is 5.25. The number of carbonyl (C=O) groups is 1. The Bertz CT molecular complexity index is 882. The van der Waals surface area contributed by atoms with E-state index in [9.17, 15) is 4.79 Å². The summed E-state index contributed by atoms with van der Waals surface area (Å²) in [6, 6.07) is 7.88. The van der Waals surface area contributed by atoms with E-state index >= 15 is 0 Å². The maximum absolute atomic E-state index is 12.5. The quantitative estimate of drug-likeness (QED) is 0.676. The van der Waals surface area contributed by atoms with Gasteiger partial charge in [0.1, 0.15) is 18.9 Å². The third-order valence-corrected chi connectivity index (χ3v) is 4.57. The topological polar surface area (TPSA) is 76.5 Å². The molecule has 0 amide bonds. The van der Waals surface area contributed by atoms with Gasteiger partial charge < -0.3 is 4.57 Å². The van der Waals surface area contributed by atoms with E-state index in [1.54, 1.807) is 11.3 Å². The molecule has 7 heteroatoms. The molecule has 0 atom stereocenters. The summed E-state index contributed by atoms with van der Waals surface area (Å²) in [4.78, 5) is 17.6. The minimum absolute atomic E-state index is 0.0371. The van der Waals surface area contributed by atoms with Crippen LogP contribution in [0.15, 0.2) is 29.9 Å². The number of hydrogen-bond donors (Lipinski definition) is 0. The standard InChI is InChI=1S/C16H15N5OS/c1-11-6-14(12(2)21(11)8-13-4-3-5-23-13)15(22)9-20-10-18-16(7-17)19-20/h3-6,10H,8-9H2,1-2H3. The molecule has 0 unspecified atom stereocenters. The highest BCUT2D eigenvalue weighted by Gasteiger charge is 2.17. The Morgan fingerprint density at radius 3 is 2.91 bits per heavy atom. The van der Waals surface area contributed by atoms with Crippen molar-refractivity contribution in [2.24, 2.45) is 0 Å². The van der Waals surface area contributed by atoms with Gasteiger partial charge in [0, 0.05) is 21.8 Å². The highest BCUT2D eigenvalue weighted by atomic mass is 32.1. The molecule has 3 heterocycles. The maximum atomic E-state index is 12.5. The fourth-order valence-electron chi connectivity index (χ4n) is 2.54. The lowest BCUT2D eigenvalue weighted by Crippen LogP contribution is -2.12. The molecule has 0 saturated carbocycles. The van der Waals surface area contributed by atoms with E-state index < -0.39 is 0 Å². The van der Waals surface area contributed by atoms with Crippen molar-refractivity contribution >= 4 is 17.1 Å². The number of ketones is 1. The first-order valence-corrected chi connectivity index (χ1v) is 7.98. The van der Waals surface area contributed by atoms with Crippen molar-refractivity contribution in [2.45, 2.75) is 26.9 Å². The predicted molar refractivity (Wildman–Crippen MR) is 86.4 cm³/mol. The molecule has 0 radical (unpaired) electrons. The molecule has 0 saturated heterocycles. The number of rotatable bonds is 5. The number of aromatic nitrogens is 4. The van der Waals surface area contributed by atoms with Gasteiger partial charge in [0.15, 0.2) is 5.78 Å². The molecule has 0 aromatic carbocycles. The van der Waals surface area contributed by atoms with Crippen molar-refractivity contribution in [2.75, 3.05) is 0 Å². The number of nitriles is 1. The lowest BCUT2D eigenvalue weighted by Gasteiger charge is -2.08. The maximum Gasteiger partial charge on any atom is 0.252 e. The van der Waals surface area contributed by atoms with Crippen LogP contribution in [0.2, 0.25) is 0 Å². The summed E-state index contributed by atoms with van der Waals surface area (Å²) in [6.07, 6.45) is 1.40. The van der Waals surface area contributed by atoms with E-state index in [1.807, 2.05) is 37.4 Å². The molecule has 0 aliphatic rings. The molecule has 3 rings (SSSR count). The summed E-state index contributed by atoms with van der Waals surface area (Å²) >= 11 is 1.70. The second kappa shape index (κ2) is 6.18. The number of Topliss-reactive ketones (excluding diaryl/α,β-unsaturated/α-hetero) is 1. The van der Waals surface area contributed by atoms with Gasteiger partial charge in [0.25, 0.3) is 5.82 Å². The predicted octanol–water partition coefficient (Wildman–Crippen LogP) is 2.56. The summed E-state index contributed by atoms with van der Waals surface area (Å²) in [7, 11) is 0. The van der Waals surface area contributed by atoms with Crippen LogP contribution in [0.25, 0.3) is 0 Å². The van der Waals surface area contributed by atoms with Crippen molar-refractivity contribution in [3.8, 4) is 6.07 Å². The zero-order valence-corrected chi connectivity index (χ0v) is 13.7. The first-order chi connectivity index (χ1) is 11.1. The zero-order valence-electron chi connectivity index (χ0n) is 12.9. The first-order valence-electron chi connectivity index (χ1n) is 7.10. The van der Waals surface area contributed by atoms with E-state index in [2.05, 4.69) is 20.7 Å². The van der Waals surface area contributed by atoms with Gasteiger partial charge in [-0.1, -0.05) is 6.07 Å². The molecule has 3 aromatic heterocycles. The lowest BCUT2D eigenvalue weighted by molar-refractivity contribution is 0.0967. The van der Waals surface area contributed by atoms with Crippen molar-refractivity contribution in [3.63, 3.8) is 0 Å². The summed E-state index contributed by atoms with van der Waals surface area (Å²) in [5.74, 6) is 0.0332. The largest absolute Gasteiger partial charge is 0.343 e. The fourth-order valence-corrected chi connectivity index (χ4v) is 3.23. The summed E-state index contributed by atoms with van der Waals surface area (Å²) in [5, 5.41) is 14.7. The number of aryl methyl sites for hydroxylation is 1. The first kappa shape index (κ1) is 15.2. The van der Waals surface area contributed by atoms with Crippen LogP contribution in [0.1, 0.15) is 32.4 Å². The summed E-state index contributed by atoms with van der Waals surface area (Å²) < 4.78 is 3.54. The average molecular weight is 325 g/mol. The van der Waals surface area contributed by atoms with Gasteiger partial charge in [0.2, 0.25) is 0 Å². The molecule has 6 nitrogen and oxygen atoms in total. The van der Waals surface area contributed by atoms with Crippen LogP contribution in [0, 0.1) is 25.2 Å². The van der Waals surface area contributed by atoms with Crippen molar-refractivity contribution in [1.29, 1.82) is 5.26 Å². The number of carbonyl (C=O) groups excluding carboxylic acids is 1. The van der Waals surface area contributed by atoms with Crippen molar-refractivity contribution in [3.05, 3.63) is 57.6 Å². The third-order valence-electron chi connectivity index (χ3n) is 3.71. The number of nitrogens with zero attached hydrogens (tertiary/aromatic N) is 5. The normalized spacial score (nSPS) is 10.7. The lowest BCUT2D eigenvalue weighted by atomic mass is 10.1. The van der Waals surface area contributed by atoms with Gasteiger partial charge >= 0.3 is 0 Å². The molecule has 23 heavy (non-hydrogen) atoms. The average Bonchev–Trinajstić information content (AvgIpc) is 3.25. The van der Waals surface area contributed by atoms with Gasteiger partial charge in [0.05, 0.1) is 6.54 Å². The number of thiophene rings is 1. The van der Waals surface area contributed by atoms with Crippen LogP contribution < -0.4 is 0 Å². The monoisotopic (exact) mass is 325 g/mol. The third kappa shape index (κ3) is 3.07. The molecular formula is C16H15N5OS. The van der Waals surface area contributed by atoms with E-state index in [1.165, 1.54) is 15.9 Å². The molecule has 116 valence electrons. The van der Waals surface area contributed by atoms with Crippen LogP contribution in [-0.2, 0) is 13.1 Å². The Labute approximate surface area is 137 Å². The van der Waals surface area contributed by atoms with E-state index in [0.29, 0.717) is 5.56 Å². The second-order valence-corrected chi connectivity index (χ2v) is 6.28. The zero-order chi connectivity index (χ0) is 16.4. The minimum Gasteiger partial charge on any atom is -0.343 e. The molecule has 0 aliphatic carbocycles. The van der Waals surface area contributed by atoms with Crippen molar-refractivity contribution in [1.82, 2.24) is 19.3 Å². The molecule has 0 fully saturated rings. The SMILES string of the molecule is Cc1cc(C(=O)Cn2cnc(C#N)n2)c(C)n1Cc1cccs1. The molecule has 0 bridgehead atoms. The highest BCUT2D eigenvalue weighted by Crippen LogP contribution is 2.20. The Morgan fingerprint density at radius 2 is 2.26 bits per heavy atom. The Balaban J connectivity index is 1.82. The Morgan fingerprint density at radius 1 is 1.43 bits per heavy atom. The minimum atomic E-state index is -0.0371. The Hall–Kier alpha value is -2.72. The van der Waals surface area contributed by atoms with Gasteiger partial charge in [-0.3, -0.25) is 4.79 Å². The molecule has 0 aliphatic heterocycles. The van der Waals surface area contributed by atoms with Gasteiger partial charge in [-0.15, -0.1) is 16.4 Å². The Kier molecular flexibility index (Phi) is 4.08. The molecule has 0 spiro atoms. The van der Waals surface area contributed by atoms with Crippen LogP contribution in [0.3, 0.4) is 0 Å². The summed E-state index contributed by atoms with van der Waals surface area (Å²) in [6.45, 7) is 4.80. The van der Waals surface area contributed by atoms with Crippen LogP contribution >= 0.6 is 11.3 Å². The van der Waals surface area contributed by atoms with Gasteiger partial charge in [-0.05, 0) is 31.4 Å². The summed E-state index contributed by atoms with van der Waals surface area (Å²) in [5.41, 5.74) is 2.69.